The zero-order chi connectivity index (χ0) is 21.9. The summed E-state index contributed by atoms with van der Waals surface area (Å²) < 4.78 is 5.98. The van der Waals surface area contributed by atoms with Gasteiger partial charge in [0, 0.05) is 10.7 Å². The summed E-state index contributed by atoms with van der Waals surface area (Å²) in [5.74, 6) is -0.235. The smallest absolute Gasteiger partial charge is 0.295 e. The van der Waals surface area contributed by atoms with E-state index in [4.69, 9.17) is 16.0 Å². The Labute approximate surface area is 184 Å². The molecule has 4 aromatic rings. The van der Waals surface area contributed by atoms with Crippen LogP contribution in [-0.2, 0) is 0 Å². The standard InChI is InChI=1S/C26H20ClNO3/c1-14-4-7-17(8-5-14)23-22-24(29)20-13-18(27)9-11-21(20)31-25(22)26(30)28(23)19-10-6-15(2)16(3)12-19/h4-13,23H,1-3H3. The van der Waals surface area contributed by atoms with Gasteiger partial charge in [-0.05, 0) is 67.8 Å². The lowest BCUT2D eigenvalue weighted by molar-refractivity contribution is 0.0971. The van der Waals surface area contributed by atoms with E-state index in [1.54, 1.807) is 23.1 Å². The average Bonchev–Trinajstić information content (AvgIpc) is 3.04. The molecular weight excluding hydrogens is 410 g/mol. The highest BCUT2D eigenvalue weighted by molar-refractivity contribution is 6.31. The number of carbonyl (C=O) groups is 1. The van der Waals surface area contributed by atoms with Gasteiger partial charge in [0.05, 0.1) is 17.0 Å². The highest BCUT2D eigenvalue weighted by Crippen LogP contribution is 2.41. The van der Waals surface area contributed by atoms with Crippen LogP contribution in [0.15, 0.2) is 69.9 Å². The van der Waals surface area contributed by atoms with E-state index < -0.39 is 6.04 Å². The fraction of sp³-hybridized carbons (Fsp3) is 0.154. The largest absolute Gasteiger partial charge is 0.450 e. The van der Waals surface area contributed by atoms with Gasteiger partial charge in [0.15, 0.2) is 5.43 Å². The summed E-state index contributed by atoms with van der Waals surface area (Å²) in [5.41, 5.74) is 5.35. The minimum Gasteiger partial charge on any atom is -0.450 e. The van der Waals surface area contributed by atoms with Crippen molar-refractivity contribution < 1.29 is 9.21 Å². The minimum absolute atomic E-state index is 0.0867. The fourth-order valence-electron chi connectivity index (χ4n) is 4.15. The summed E-state index contributed by atoms with van der Waals surface area (Å²) in [6.07, 6.45) is 0. The Bertz CT molecular complexity index is 1420. The zero-order valence-electron chi connectivity index (χ0n) is 17.4. The first-order valence-electron chi connectivity index (χ1n) is 10.1. The van der Waals surface area contributed by atoms with Crippen LogP contribution in [0.1, 0.15) is 44.4 Å². The molecule has 5 heteroatoms. The highest BCUT2D eigenvalue weighted by atomic mass is 35.5. The number of hydrogen-bond donors (Lipinski definition) is 0. The molecule has 0 bridgehead atoms. The van der Waals surface area contributed by atoms with E-state index >= 15 is 0 Å². The number of aryl methyl sites for hydroxylation is 3. The monoisotopic (exact) mass is 429 g/mol. The Morgan fingerprint density at radius 2 is 1.61 bits per heavy atom. The quantitative estimate of drug-likeness (QED) is 0.385. The molecule has 1 aliphatic heterocycles. The Morgan fingerprint density at radius 3 is 2.32 bits per heavy atom. The Kier molecular flexibility index (Phi) is 4.49. The number of rotatable bonds is 2. The molecule has 1 aliphatic rings. The van der Waals surface area contributed by atoms with Gasteiger partial charge in [-0.25, -0.2) is 0 Å². The van der Waals surface area contributed by atoms with Crippen LogP contribution < -0.4 is 10.3 Å². The number of hydrogen-bond acceptors (Lipinski definition) is 3. The molecule has 2 heterocycles. The molecular formula is C26H20ClNO3. The Hall–Kier alpha value is -3.37. The predicted molar refractivity (Wildman–Crippen MR) is 123 cm³/mol. The summed E-state index contributed by atoms with van der Waals surface area (Å²) in [6.45, 7) is 6.04. The second kappa shape index (κ2) is 7.10. The van der Waals surface area contributed by atoms with Crippen molar-refractivity contribution in [2.45, 2.75) is 26.8 Å². The van der Waals surface area contributed by atoms with E-state index in [-0.39, 0.29) is 17.1 Å². The van der Waals surface area contributed by atoms with Gasteiger partial charge < -0.3 is 4.42 Å². The third kappa shape index (κ3) is 3.06. The molecule has 0 N–H and O–H groups in total. The highest BCUT2D eigenvalue weighted by Gasteiger charge is 2.43. The fourth-order valence-corrected chi connectivity index (χ4v) is 4.32. The maximum atomic E-state index is 13.6. The average molecular weight is 430 g/mol. The van der Waals surface area contributed by atoms with Crippen LogP contribution in [0.4, 0.5) is 5.69 Å². The molecule has 0 spiro atoms. The number of nitrogens with zero attached hydrogens (tertiary/aromatic N) is 1. The lowest BCUT2D eigenvalue weighted by Crippen LogP contribution is -2.29. The first kappa shape index (κ1) is 19.6. The molecule has 1 atom stereocenters. The molecule has 5 rings (SSSR count). The summed E-state index contributed by atoms with van der Waals surface area (Å²) in [6, 6.07) is 18.0. The summed E-state index contributed by atoms with van der Waals surface area (Å²) in [5, 5.41) is 0.820. The summed E-state index contributed by atoms with van der Waals surface area (Å²) in [7, 11) is 0. The second-order valence-corrected chi connectivity index (χ2v) is 8.51. The van der Waals surface area contributed by atoms with Crippen molar-refractivity contribution in [1.29, 1.82) is 0 Å². The van der Waals surface area contributed by atoms with Gasteiger partial charge in [-0.15, -0.1) is 0 Å². The number of anilines is 1. The van der Waals surface area contributed by atoms with Gasteiger partial charge in [0.25, 0.3) is 5.91 Å². The van der Waals surface area contributed by atoms with Crippen molar-refractivity contribution in [3.8, 4) is 0 Å². The van der Waals surface area contributed by atoms with Gasteiger partial charge in [-0.2, -0.15) is 0 Å². The minimum atomic E-state index is -0.579. The normalized spacial score (nSPS) is 15.5. The zero-order valence-corrected chi connectivity index (χ0v) is 18.2. The molecule has 31 heavy (non-hydrogen) atoms. The molecule has 0 fully saturated rings. The van der Waals surface area contributed by atoms with Crippen LogP contribution in [0.3, 0.4) is 0 Å². The van der Waals surface area contributed by atoms with E-state index in [9.17, 15) is 9.59 Å². The molecule has 1 unspecified atom stereocenters. The number of fused-ring (bicyclic) bond motifs is 2. The third-order valence-electron chi connectivity index (χ3n) is 5.99. The van der Waals surface area contributed by atoms with Gasteiger partial charge in [-0.3, -0.25) is 14.5 Å². The van der Waals surface area contributed by atoms with Crippen molar-refractivity contribution >= 4 is 34.2 Å². The van der Waals surface area contributed by atoms with Crippen molar-refractivity contribution in [3.63, 3.8) is 0 Å². The molecule has 1 amide bonds. The molecule has 1 aromatic heterocycles. The van der Waals surface area contributed by atoms with E-state index in [0.717, 1.165) is 27.9 Å². The predicted octanol–water partition coefficient (Wildman–Crippen LogP) is 6.12. The van der Waals surface area contributed by atoms with Crippen LogP contribution in [0.5, 0.6) is 0 Å². The van der Waals surface area contributed by atoms with Crippen molar-refractivity contribution in [3.05, 3.63) is 109 Å². The van der Waals surface area contributed by atoms with Crippen LogP contribution >= 0.6 is 11.6 Å². The van der Waals surface area contributed by atoms with Gasteiger partial charge in [0.1, 0.15) is 5.58 Å². The maximum Gasteiger partial charge on any atom is 0.295 e. The van der Waals surface area contributed by atoms with Crippen molar-refractivity contribution in [1.82, 2.24) is 0 Å². The molecule has 3 aromatic carbocycles. The SMILES string of the molecule is Cc1ccc(C2c3c(oc4ccc(Cl)cc4c3=O)C(=O)N2c2ccc(C)c(C)c2)cc1. The summed E-state index contributed by atoms with van der Waals surface area (Å²) >= 11 is 6.14. The van der Waals surface area contributed by atoms with E-state index in [0.29, 0.717) is 21.6 Å². The van der Waals surface area contributed by atoms with E-state index in [1.807, 2.05) is 63.2 Å². The molecule has 0 aliphatic carbocycles. The number of halogens is 1. The topological polar surface area (TPSA) is 50.5 Å². The number of amides is 1. The van der Waals surface area contributed by atoms with E-state index in [2.05, 4.69) is 0 Å². The first-order valence-corrected chi connectivity index (χ1v) is 10.5. The third-order valence-corrected chi connectivity index (χ3v) is 6.23. The lowest BCUT2D eigenvalue weighted by Gasteiger charge is -2.26. The molecule has 154 valence electrons. The molecule has 4 nitrogen and oxygen atoms in total. The maximum absolute atomic E-state index is 13.6. The van der Waals surface area contributed by atoms with E-state index in [1.165, 1.54) is 0 Å². The van der Waals surface area contributed by atoms with Crippen LogP contribution in [0, 0.1) is 20.8 Å². The molecule has 0 saturated carbocycles. The molecule has 0 saturated heterocycles. The Morgan fingerprint density at radius 1 is 0.871 bits per heavy atom. The number of benzene rings is 3. The second-order valence-electron chi connectivity index (χ2n) is 8.07. The molecule has 0 radical (unpaired) electrons. The summed E-state index contributed by atoms with van der Waals surface area (Å²) in [4.78, 5) is 28.8. The van der Waals surface area contributed by atoms with Crippen molar-refractivity contribution in [2.75, 3.05) is 4.90 Å². The van der Waals surface area contributed by atoms with Crippen LogP contribution in [-0.4, -0.2) is 5.91 Å². The first-order chi connectivity index (χ1) is 14.8. The van der Waals surface area contributed by atoms with Crippen LogP contribution in [0.2, 0.25) is 5.02 Å². The lowest BCUT2D eigenvalue weighted by atomic mass is 9.97. The van der Waals surface area contributed by atoms with Crippen molar-refractivity contribution in [2.24, 2.45) is 0 Å². The Balaban J connectivity index is 1.82. The number of carbonyl (C=O) groups excluding carboxylic acids is 1. The van der Waals surface area contributed by atoms with Gasteiger partial charge in [0.2, 0.25) is 5.76 Å². The van der Waals surface area contributed by atoms with Gasteiger partial charge in [-0.1, -0.05) is 47.5 Å². The van der Waals surface area contributed by atoms with Crippen LogP contribution in [0.25, 0.3) is 11.0 Å². The van der Waals surface area contributed by atoms with Gasteiger partial charge >= 0.3 is 0 Å².